The lowest BCUT2D eigenvalue weighted by Gasteiger charge is -2.40. The molecule has 0 aliphatic carbocycles. The van der Waals surface area contributed by atoms with E-state index in [0.717, 1.165) is 0 Å². The van der Waals surface area contributed by atoms with Gasteiger partial charge in [0.15, 0.2) is 0 Å². The second kappa shape index (κ2) is 8.57. The molecule has 0 saturated carbocycles. The van der Waals surface area contributed by atoms with Gasteiger partial charge >= 0.3 is 17.8 Å². The second-order valence-electron chi connectivity index (χ2n) is 5.87. The fourth-order valence-electron chi connectivity index (χ4n) is 2.89. The Kier molecular flexibility index (Phi) is 6.66. The van der Waals surface area contributed by atoms with E-state index in [1.165, 1.54) is 38.3 Å². The first kappa shape index (κ1) is 21.0. The topological polar surface area (TPSA) is 78.3 Å². The Balaban J connectivity index is 2.42. The van der Waals surface area contributed by atoms with Crippen molar-refractivity contribution in [2.45, 2.75) is 18.8 Å². The fraction of sp³-hybridized carbons (Fsp3) is 0.529. The molecule has 1 atom stereocenters. The number of rotatable bonds is 6. The Morgan fingerprint density at radius 1 is 1.19 bits per heavy atom. The normalized spacial score (nSPS) is 17.7. The lowest BCUT2D eigenvalue weighted by Crippen LogP contribution is -3.27. The average molecular weight is 391 g/mol. The molecule has 0 unspecified atom stereocenters. The van der Waals surface area contributed by atoms with E-state index in [1.54, 1.807) is 0 Å². The molecule has 1 fully saturated rings. The molecule has 0 radical (unpaired) electrons. The summed E-state index contributed by atoms with van der Waals surface area (Å²) < 4.78 is 57.2. The SMILES string of the molecule is CCOC(=O)[C@](NC(=O)c1ccc(OC)cc1)([NH+]1CCOCC1)C(F)(F)F. The molecular weight excluding hydrogens is 369 g/mol. The molecule has 150 valence electrons. The number of ether oxygens (including phenoxy) is 3. The van der Waals surface area contributed by atoms with Crippen LogP contribution in [0.4, 0.5) is 13.2 Å². The second-order valence-corrected chi connectivity index (χ2v) is 5.87. The minimum atomic E-state index is -5.08. The lowest BCUT2D eigenvalue weighted by atomic mass is 10.0. The van der Waals surface area contributed by atoms with Crippen molar-refractivity contribution in [1.29, 1.82) is 0 Å². The number of quaternary nitrogens is 1. The van der Waals surface area contributed by atoms with Crippen molar-refractivity contribution in [3.63, 3.8) is 0 Å². The van der Waals surface area contributed by atoms with Crippen molar-refractivity contribution in [2.24, 2.45) is 0 Å². The number of nitrogens with one attached hydrogen (secondary N) is 2. The summed E-state index contributed by atoms with van der Waals surface area (Å²) in [6.07, 6.45) is -5.08. The Labute approximate surface area is 154 Å². The van der Waals surface area contributed by atoms with Crippen LogP contribution in [0.15, 0.2) is 24.3 Å². The van der Waals surface area contributed by atoms with Gasteiger partial charge in [0.1, 0.15) is 18.8 Å². The first-order chi connectivity index (χ1) is 12.8. The third-order valence-electron chi connectivity index (χ3n) is 4.29. The number of esters is 1. The minimum absolute atomic E-state index is 0.0327. The molecule has 1 aromatic carbocycles. The summed E-state index contributed by atoms with van der Waals surface area (Å²) in [5, 5.41) is 1.91. The van der Waals surface area contributed by atoms with Gasteiger partial charge in [-0.25, -0.2) is 4.79 Å². The van der Waals surface area contributed by atoms with Crippen molar-refractivity contribution < 1.29 is 41.9 Å². The van der Waals surface area contributed by atoms with E-state index in [9.17, 15) is 22.8 Å². The monoisotopic (exact) mass is 391 g/mol. The van der Waals surface area contributed by atoms with Gasteiger partial charge in [0.05, 0.1) is 26.9 Å². The fourth-order valence-corrected chi connectivity index (χ4v) is 2.89. The summed E-state index contributed by atoms with van der Waals surface area (Å²) in [5.74, 6) is -2.14. The molecule has 0 aromatic heterocycles. The van der Waals surface area contributed by atoms with Gasteiger partial charge in [0.2, 0.25) is 0 Å². The van der Waals surface area contributed by atoms with E-state index in [4.69, 9.17) is 14.2 Å². The highest BCUT2D eigenvalue weighted by molar-refractivity contribution is 5.98. The first-order valence-electron chi connectivity index (χ1n) is 8.39. The number of carbonyl (C=O) groups excluding carboxylic acids is 2. The van der Waals surface area contributed by atoms with E-state index in [2.05, 4.69) is 0 Å². The third kappa shape index (κ3) is 4.33. The summed E-state index contributed by atoms with van der Waals surface area (Å²) in [7, 11) is 1.42. The van der Waals surface area contributed by atoms with E-state index in [-0.39, 0.29) is 43.4 Å². The standard InChI is InChI=1S/C17H21F3N2O5/c1-3-27-15(24)16(17(18,19)20,22-8-10-26-11-9-22)21-14(23)12-4-6-13(25-2)7-5-12/h4-7H,3,8-11H2,1-2H3,(H,21,23)/p+1/t16-/m0/s1. The molecule has 1 amide bonds. The highest BCUT2D eigenvalue weighted by atomic mass is 19.4. The maximum absolute atomic E-state index is 14.1. The van der Waals surface area contributed by atoms with Gasteiger partial charge in [-0.15, -0.1) is 0 Å². The summed E-state index contributed by atoms with van der Waals surface area (Å²) in [6.45, 7) is 0.996. The molecular formula is C17H22F3N2O5+. The summed E-state index contributed by atoms with van der Waals surface area (Å²) >= 11 is 0. The van der Waals surface area contributed by atoms with Crippen LogP contribution in [-0.2, 0) is 14.3 Å². The van der Waals surface area contributed by atoms with Gasteiger partial charge in [-0.05, 0) is 31.2 Å². The Morgan fingerprint density at radius 3 is 2.26 bits per heavy atom. The molecule has 10 heteroatoms. The van der Waals surface area contributed by atoms with Gasteiger partial charge in [0, 0.05) is 5.56 Å². The molecule has 0 bridgehead atoms. The maximum atomic E-state index is 14.1. The van der Waals surface area contributed by atoms with Crippen LogP contribution in [0.5, 0.6) is 5.75 Å². The number of amides is 1. The zero-order chi connectivity index (χ0) is 20.1. The maximum Gasteiger partial charge on any atom is 0.478 e. The van der Waals surface area contributed by atoms with Crippen LogP contribution in [0.2, 0.25) is 0 Å². The lowest BCUT2D eigenvalue weighted by molar-refractivity contribution is -0.965. The van der Waals surface area contributed by atoms with Gasteiger partial charge < -0.3 is 14.2 Å². The number of carbonyl (C=O) groups is 2. The Bertz CT molecular complexity index is 660. The number of methoxy groups -OCH3 is 1. The van der Waals surface area contributed by atoms with Crippen LogP contribution < -0.4 is 15.0 Å². The van der Waals surface area contributed by atoms with Crippen molar-refractivity contribution >= 4 is 11.9 Å². The van der Waals surface area contributed by atoms with E-state index in [1.807, 2.05) is 5.32 Å². The highest BCUT2D eigenvalue weighted by Gasteiger charge is 2.71. The van der Waals surface area contributed by atoms with Crippen LogP contribution in [0.25, 0.3) is 0 Å². The minimum Gasteiger partial charge on any atom is -0.497 e. The summed E-state index contributed by atoms with van der Waals surface area (Å²) in [5.41, 5.74) is -3.26. The molecule has 1 aliphatic rings. The predicted molar refractivity (Wildman–Crippen MR) is 87.4 cm³/mol. The molecule has 1 aromatic rings. The van der Waals surface area contributed by atoms with Crippen molar-refractivity contribution in [2.75, 3.05) is 40.0 Å². The average Bonchev–Trinajstić information content (AvgIpc) is 2.65. The van der Waals surface area contributed by atoms with E-state index >= 15 is 0 Å². The van der Waals surface area contributed by atoms with Crippen LogP contribution in [0, 0.1) is 0 Å². The van der Waals surface area contributed by atoms with Crippen LogP contribution >= 0.6 is 0 Å². The summed E-state index contributed by atoms with van der Waals surface area (Å²) in [4.78, 5) is 24.8. The molecule has 7 nitrogen and oxygen atoms in total. The zero-order valence-corrected chi connectivity index (χ0v) is 15.0. The quantitative estimate of drug-likeness (QED) is 0.676. The van der Waals surface area contributed by atoms with Gasteiger partial charge in [-0.3, -0.25) is 15.0 Å². The van der Waals surface area contributed by atoms with Crippen molar-refractivity contribution in [1.82, 2.24) is 5.32 Å². The number of alkyl halides is 3. The van der Waals surface area contributed by atoms with Crippen LogP contribution in [0.1, 0.15) is 17.3 Å². The van der Waals surface area contributed by atoms with Gasteiger partial charge in [-0.1, -0.05) is 0 Å². The molecule has 0 spiro atoms. The van der Waals surface area contributed by atoms with Crippen molar-refractivity contribution in [3.05, 3.63) is 29.8 Å². The Morgan fingerprint density at radius 2 is 1.78 bits per heavy atom. The summed E-state index contributed by atoms with van der Waals surface area (Å²) in [6, 6.07) is 5.51. The van der Waals surface area contributed by atoms with Crippen LogP contribution in [0.3, 0.4) is 0 Å². The number of morpholine rings is 1. The van der Waals surface area contributed by atoms with E-state index in [0.29, 0.717) is 5.75 Å². The van der Waals surface area contributed by atoms with Gasteiger partial charge in [-0.2, -0.15) is 13.2 Å². The zero-order valence-electron chi connectivity index (χ0n) is 15.0. The van der Waals surface area contributed by atoms with Crippen LogP contribution in [-0.4, -0.2) is 63.7 Å². The molecule has 2 rings (SSSR count). The molecule has 1 aliphatic heterocycles. The highest BCUT2D eigenvalue weighted by Crippen LogP contribution is 2.28. The number of hydrogen-bond donors (Lipinski definition) is 2. The number of hydrogen-bond acceptors (Lipinski definition) is 5. The molecule has 1 heterocycles. The number of halogens is 3. The molecule has 1 saturated heterocycles. The van der Waals surface area contributed by atoms with E-state index < -0.39 is 23.7 Å². The predicted octanol–water partition coefficient (Wildman–Crippen LogP) is 0.162. The van der Waals surface area contributed by atoms with Gasteiger partial charge in [0.25, 0.3) is 5.91 Å². The molecule has 27 heavy (non-hydrogen) atoms. The smallest absolute Gasteiger partial charge is 0.478 e. The van der Waals surface area contributed by atoms with Crippen molar-refractivity contribution in [3.8, 4) is 5.75 Å². The first-order valence-corrected chi connectivity index (χ1v) is 8.39. The molecule has 2 N–H and O–H groups in total. The largest absolute Gasteiger partial charge is 0.497 e. The third-order valence-corrected chi connectivity index (χ3v) is 4.29. The Hall–Kier alpha value is -2.33. The number of benzene rings is 1.